The Hall–Kier alpha value is -4.51. The van der Waals surface area contributed by atoms with Gasteiger partial charge in [0.15, 0.2) is 12.4 Å². The number of amides is 1. The first-order chi connectivity index (χ1) is 16.0. The minimum atomic E-state index is -0.604. The Bertz CT molecular complexity index is 1390. The zero-order valence-corrected chi connectivity index (χ0v) is 18.2. The molecule has 8 heteroatoms. The maximum atomic E-state index is 13.0. The number of hydrogen-bond donors (Lipinski definition) is 1. The van der Waals surface area contributed by atoms with Crippen molar-refractivity contribution in [3.05, 3.63) is 83.2 Å². The molecule has 0 unspecified atom stereocenters. The highest BCUT2D eigenvalue weighted by molar-refractivity contribution is 6.06. The average Bonchev–Trinajstić information content (AvgIpc) is 3.25. The van der Waals surface area contributed by atoms with E-state index >= 15 is 0 Å². The molecule has 0 bridgehead atoms. The summed E-state index contributed by atoms with van der Waals surface area (Å²) >= 11 is 0. The minimum absolute atomic E-state index is 0.196. The number of carbonyl (C=O) groups is 2. The van der Waals surface area contributed by atoms with Crippen molar-refractivity contribution in [2.75, 3.05) is 11.9 Å². The van der Waals surface area contributed by atoms with Gasteiger partial charge in [0, 0.05) is 11.1 Å². The second kappa shape index (κ2) is 9.32. The normalized spacial score (nSPS) is 10.6. The Kier molecular flexibility index (Phi) is 6.13. The van der Waals surface area contributed by atoms with Crippen LogP contribution in [0.3, 0.4) is 0 Å². The van der Waals surface area contributed by atoms with Gasteiger partial charge in [0.2, 0.25) is 0 Å². The highest BCUT2D eigenvalue weighted by Gasteiger charge is 2.21. The van der Waals surface area contributed by atoms with Crippen molar-refractivity contribution in [2.24, 2.45) is 0 Å². The fourth-order valence-electron chi connectivity index (χ4n) is 3.65. The lowest BCUT2D eigenvalue weighted by molar-refractivity contribution is -0.119. The predicted molar refractivity (Wildman–Crippen MR) is 123 cm³/mol. The van der Waals surface area contributed by atoms with Crippen LogP contribution in [0, 0.1) is 18.3 Å². The number of aromatic nitrogens is 3. The van der Waals surface area contributed by atoms with Crippen molar-refractivity contribution < 1.29 is 14.3 Å². The Morgan fingerprint density at radius 3 is 2.58 bits per heavy atom. The van der Waals surface area contributed by atoms with Crippen molar-refractivity contribution in [2.45, 2.75) is 20.3 Å². The highest BCUT2D eigenvalue weighted by Crippen LogP contribution is 2.24. The number of benzene rings is 2. The Balaban J connectivity index is 1.55. The van der Waals surface area contributed by atoms with E-state index in [1.807, 2.05) is 62.4 Å². The van der Waals surface area contributed by atoms with E-state index in [4.69, 9.17) is 4.74 Å². The molecule has 0 spiro atoms. The summed E-state index contributed by atoms with van der Waals surface area (Å²) < 4.78 is 6.81. The van der Waals surface area contributed by atoms with Crippen LogP contribution in [-0.4, -0.2) is 33.2 Å². The third kappa shape index (κ3) is 4.29. The summed E-state index contributed by atoms with van der Waals surface area (Å²) in [7, 11) is 0. The van der Waals surface area contributed by atoms with Crippen molar-refractivity contribution >= 4 is 28.6 Å². The van der Waals surface area contributed by atoms with Crippen LogP contribution in [0.4, 0.5) is 5.82 Å². The number of fused-ring (bicyclic) bond motifs is 1. The minimum Gasteiger partial charge on any atom is -0.452 e. The fourth-order valence-corrected chi connectivity index (χ4v) is 3.65. The van der Waals surface area contributed by atoms with E-state index in [-0.39, 0.29) is 11.4 Å². The lowest BCUT2D eigenvalue weighted by atomic mass is 10.0. The molecule has 0 aliphatic heterocycles. The van der Waals surface area contributed by atoms with Gasteiger partial charge in [-0.25, -0.2) is 9.48 Å². The number of anilines is 1. The van der Waals surface area contributed by atoms with Gasteiger partial charge in [-0.3, -0.25) is 9.78 Å². The molecule has 1 N–H and O–H groups in total. The van der Waals surface area contributed by atoms with Crippen LogP contribution in [0.15, 0.2) is 60.8 Å². The number of nitrogens with zero attached hydrogens (tertiary/aromatic N) is 4. The Labute approximate surface area is 190 Å². The largest absolute Gasteiger partial charge is 0.452 e. The number of para-hydroxylation sites is 2. The molecule has 0 aliphatic rings. The molecule has 2 heterocycles. The van der Waals surface area contributed by atoms with Gasteiger partial charge in [-0.05, 0) is 37.1 Å². The van der Waals surface area contributed by atoms with Gasteiger partial charge in [-0.2, -0.15) is 10.4 Å². The molecule has 0 atom stereocenters. The topological polar surface area (TPSA) is 110 Å². The molecule has 0 saturated heterocycles. The second-order valence-corrected chi connectivity index (χ2v) is 7.32. The molecule has 2 aromatic heterocycles. The average molecular weight is 439 g/mol. The smallest absolute Gasteiger partial charge is 0.339 e. The first kappa shape index (κ1) is 21.7. The Morgan fingerprint density at radius 2 is 1.85 bits per heavy atom. The fraction of sp³-hybridized carbons (Fsp3) is 0.160. The molecule has 0 fully saturated rings. The molecule has 164 valence electrons. The molecular weight excluding hydrogens is 418 g/mol. The van der Waals surface area contributed by atoms with Gasteiger partial charge >= 0.3 is 5.97 Å². The van der Waals surface area contributed by atoms with E-state index in [0.717, 1.165) is 11.3 Å². The number of nitrogens with one attached hydrogen (secondary N) is 1. The van der Waals surface area contributed by atoms with Gasteiger partial charge < -0.3 is 10.1 Å². The predicted octanol–water partition coefficient (Wildman–Crippen LogP) is 3.96. The molecular formula is C25H21N5O3. The van der Waals surface area contributed by atoms with Crippen molar-refractivity contribution in [3.63, 3.8) is 0 Å². The van der Waals surface area contributed by atoms with Crippen LogP contribution >= 0.6 is 0 Å². The van der Waals surface area contributed by atoms with Gasteiger partial charge in [0.05, 0.1) is 23.0 Å². The van der Waals surface area contributed by atoms with E-state index in [9.17, 15) is 14.9 Å². The SMILES string of the molecule is CCc1nc2ccccc2c(C(=O)OCC(=O)Nc2c(C#N)cnn2-c2ccccc2)c1C. The highest BCUT2D eigenvalue weighted by atomic mass is 16.5. The van der Waals surface area contributed by atoms with E-state index in [0.29, 0.717) is 28.6 Å². The van der Waals surface area contributed by atoms with Gasteiger partial charge in [0.1, 0.15) is 11.6 Å². The van der Waals surface area contributed by atoms with Crippen LogP contribution < -0.4 is 5.32 Å². The Morgan fingerprint density at radius 1 is 1.12 bits per heavy atom. The second-order valence-electron chi connectivity index (χ2n) is 7.32. The number of ether oxygens (including phenoxy) is 1. The standard InChI is InChI=1S/C25H21N5O3/c1-3-20-16(2)23(19-11-7-8-12-21(19)28-20)25(32)33-15-22(31)29-24-17(13-26)14-27-30(24)18-9-5-4-6-10-18/h4-12,14H,3,15H2,1-2H3,(H,29,31). The summed E-state index contributed by atoms with van der Waals surface area (Å²) in [5, 5.41) is 16.9. The quantitative estimate of drug-likeness (QED) is 0.456. The summed E-state index contributed by atoms with van der Waals surface area (Å²) in [4.78, 5) is 30.2. The van der Waals surface area contributed by atoms with Crippen molar-refractivity contribution in [1.29, 1.82) is 5.26 Å². The van der Waals surface area contributed by atoms with Gasteiger partial charge in [-0.1, -0.05) is 43.3 Å². The summed E-state index contributed by atoms with van der Waals surface area (Å²) in [5.74, 6) is -0.971. The van der Waals surface area contributed by atoms with Crippen LogP contribution in [-0.2, 0) is 16.0 Å². The number of aryl methyl sites for hydroxylation is 1. The van der Waals surface area contributed by atoms with E-state index in [1.54, 1.807) is 12.1 Å². The lowest BCUT2D eigenvalue weighted by Gasteiger charge is -2.13. The summed E-state index contributed by atoms with van der Waals surface area (Å²) in [6.07, 6.45) is 2.03. The molecule has 4 rings (SSSR count). The summed E-state index contributed by atoms with van der Waals surface area (Å²) in [6.45, 7) is 3.28. The summed E-state index contributed by atoms with van der Waals surface area (Å²) in [6, 6.07) is 18.4. The van der Waals surface area contributed by atoms with Crippen molar-refractivity contribution in [1.82, 2.24) is 14.8 Å². The molecule has 0 saturated carbocycles. The zero-order chi connectivity index (χ0) is 23.4. The van der Waals surface area contributed by atoms with Gasteiger partial charge in [-0.15, -0.1) is 0 Å². The molecule has 0 aliphatic carbocycles. The van der Waals surface area contributed by atoms with Crippen LogP contribution in [0.1, 0.15) is 34.1 Å². The number of hydrogen-bond acceptors (Lipinski definition) is 6. The molecule has 1 amide bonds. The number of pyridine rings is 1. The first-order valence-corrected chi connectivity index (χ1v) is 10.4. The number of nitriles is 1. The van der Waals surface area contributed by atoms with E-state index in [1.165, 1.54) is 10.9 Å². The third-order valence-corrected chi connectivity index (χ3v) is 5.26. The van der Waals surface area contributed by atoms with E-state index < -0.39 is 18.5 Å². The third-order valence-electron chi connectivity index (χ3n) is 5.26. The van der Waals surface area contributed by atoms with Crippen LogP contribution in [0.5, 0.6) is 0 Å². The van der Waals surface area contributed by atoms with Crippen molar-refractivity contribution in [3.8, 4) is 11.8 Å². The monoisotopic (exact) mass is 439 g/mol. The molecule has 4 aromatic rings. The molecule has 8 nitrogen and oxygen atoms in total. The van der Waals surface area contributed by atoms with Crippen LogP contribution in [0.25, 0.3) is 16.6 Å². The molecule has 33 heavy (non-hydrogen) atoms. The summed E-state index contributed by atoms with van der Waals surface area (Å²) in [5.41, 5.74) is 3.50. The first-order valence-electron chi connectivity index (χ1n) is 10.4. The molecule has 0 radical (unpaired) electrons. The number of rotatable bonds is 6. The molecule has 2 aromatic carbocycles. The number of carbonyl (C=O) groups excluding carboxylic acids is 2. The lowest BCUT2D eigenvalue weighted by Crippen LogP contribution is -2.23. The maximum absolute atomic E-state index is 13.0. The van der Waals surface area contributed by atoms with Gasteiger partial charge in [0.25, 0.3) is 5.91 Å². The zero-order valence-electron chi connectivity index (χ0n) is 18.2. The van der Waals surface area contributed by atoms with E-state index in [2.05, 4.69) is 15.4 Å². The maximum Gasteiger partial charge on any atom is 0.339 e. The van der Waals surface area contributed by atoms with Crippen LogP contribution in [0.2, 0.25) is 0 Å². The number of esters is 1.